The second kappa shape index (κ2) is 5.05. The van der Waals surface area contributed by atoms with Gasteiger partial charge in [-0.05, 0) is 38.1 Å². The SMILES string of the molecule is Fc1ccc(-n2cnnc2C2CCNCC2)cc1F. The maximum Gasteiger partial charge on any atom is 0.160 e. The molecular weight excluding hydrogens is 250 g/mol. The van der Waals surface area contributed by atoms with Gasteiger partial charge in [0.2, 0.25) is 0 Å². The number of hydrogen-bond acceptors (Lipinski definition) is 3. The van der Waals surface area contributed by atoms with Crippen molar-refractivity contribution in [2.24, 2.45) is 0 Å². The van der Waals surface area contributed by atoms with E-state index < -0.39 is 11.6 Å². The van der Waals surface area contributed by atoms with E-state index in [9.17, 15) is 8.78 Å². The van der Waals surface area contributed by atoms with Gasteiger partial charge in [0, 0.05) is 12.0 Å². The molecule has 0 radical (unpaired) electrons. The van der Waals surface area contributed by atoms with E-state index in [4.69, 9.17) is 0 Å². The van der Waals surface area contributed by atoms with E-state index in [0.29, 0.717) is 11.6 Å². The first-order chi connectivity index (χ1) is 9.25. The van der Waals surface area contributed by atoms with Gasteiger partial charge in [-0.15, -0.1) is 10.2 Å². The molecule has 0 aliphatic carbocycles. The number of nitrogens with one attached hydrogen (secondary N) is 1. The van der Waals surface area contributed by atoms with Crippen LogP contribution in [0.15, 0.2) is 24.5 Å². The molecule has 0 bridgehead atoms. The Hall–Kier alpha value is -1.82. The third kappa shape index (κ3) is 2.35. The lowest BCUT2D eigenvalue weighted by Gasteiger charge is -2.22. The minimum atomic E-state index is -0.859. The zero-order chi connectivity index (χ0) is 13.2. The van der Waals surface area contributed by atoms with Crippen molar-refractivity contribution < 1.29 is 8.78 Å². The highest BCUT2D eigenvalue weighted by atomic mass is 19.2. The van der Waals surface area contributed by atoms with Crippen LogP contribution in [0.2, 0.25) is 0 Å². The minimum Gasteiger partial charge on any atom is -0.317 e. The Labute approximate surface area is 109 Å². The Morgan fingerprint density at radius 2 is 1.95 bits per heavy atom. The molecule has 3 rings (SSSR count). The summed E-state index contributed by atoms with van der Waals surface area (Å²) in [4.78, 5) is 0. The molecule has 0 saturated carbocycles. The Balaban J connectivity index is 1.96. The zero-order valence-electron chi connectivity index (χ0n) is 10.3. The fourth-order valence-electron chi connectivity index (χ4n) is 2.44. The molecule has 0 spiro atoms. The van der Waals surface area contributed by atoms with Crippen molar-refractivity contribution in [3.05, 3.63) is 42.0 Å². The highest BCUT2D eigenvalue weighted by Gasteiger charge is 2.21. The van der Waals surface area contributed by atoms with E-state index in [-0.39, 0.29) is 0 Å². The average Bonchev–Trinajstić information content (AvgIpc) is 2.92. The molecule has 1 aliphatic rings. The van der Waals surface area contributed by atoms with Gasteiger partial charge in [-0.1, -0.05) is 0 Å². The van der Waals surface area contributed by atoms with E-state index in [0.717, 1.165) is 37.8 Å². The summed E-state index contributed by atoms with van der Waals surface area (Å²) in [6.45, 7) is 1.88. The minimum absolute atomic E-state index is 0.303. The van der Waals surface area contributed by atoms with E-state index in [1.807, 2.05) is 0 Å². The lowest BCUT2D eigenvalue weighted by atomic mass is 9.97. The molecule has 2 aromatic rings. The van der Waals surface area contributed by atoms with Gasteiger partial charge in [0.15, 0.2) is 11.6 Å². The van der Waals surface area contributed by atoms with Crippen molar-refractivity contribution in [2.75, 3.05) is 13.1 Å². The smallest absolute Gasteiger partial charge is 0.160 e. The number of halogens is 2. The first kappa shape index (κ1) is 12.2. The van der Waals surface area contributed by atoms with Crippen molar-refractivity contribution in [2.45, 2.75) is 18.8 Å². The molecule has 1 saturated heterocycles. The number of hydrogen-bond donors (Lipinski definition) is 1. The number of nitrogens with zero attached hydrogens (tertiary/aromatic N) is 3. The van der Waals surface area contributed by atoms with Gasteiger partial charge in [0.05, 0.1) is 5.69 Å². The van der Waals surface area contributed by atoms with E-state index >= 15 is 0 Å². The van der Waals surface area contributed by atoms with Crippen LogP contribution in [0.25, 0.3) is 5.69 Å². The van der Waals surface area contributed by atoms with Crippen molar-refractivity contribution in [3.63, 3.8) is 0 Å². The average molecular weight is 264 g/mol. The van der Waals surface area contributed by atoms with Crippen LogP contribution in [0.3, 0.4) is 0 Å². The van der Waals surface area contributed by atoms with Gasteiger partial charge in [-0.3, -0.25) is 4.57 Å². The highest BCUT2D eigenvalue weighted by Crippen LogP contribution is 2.25. The third-order valence-corrected chi connectivity index (χ3v) is 3.46. The molecule has 0 amide bonds. The molecule has 1 aromatic heterocycles. The lowest BCUT2D eigenvalue weighted by Crippen LogP contribution is -2.28. The molecule has 1 aromatic carbocycles. The third-order valence-electron chi connectivity index (χ3n) is 3.46. The fraction of sp³-hybridized carbons (Fsp3) is 0.385. The van der Waals surface area contributed by atoms with Gasteiger partial charge in [0.1, 0.15) is 12.2 Å². The van der Waals surface area contributed by atoms with Crippen LogP contribution in [0, 0.1) is 11.6 Å². The summed E-state index contributed by atoms with van der Waals surface area (Å²) in [5.74, 6) is -0.591. The van der Waals surface area contributed by atoms with Crippen molar-refractivity contribution in [3.8, 4) is 5.69 Å². The molecule has 1 N–H and O–H groups in total. The van der Waals surface area contributed by atoms with Gasteiger partial charge < -0.3 is 5.32 Å². The summed E-state index contributed by atoms with van der Waals surface area (Å²) >= 11 is 0. The Kier molecular flexibility index (Phi) is 3.25. The normalized spacial score (nSPS) is 16.7. The van der Waals surface area contributed by atoms with Crippen LogP contribution >= 0.6 is 0 Å². The molecule has 2 heterocycles. The highest BCUT2D eigenvalue weighted by molar-refractivity contribution is 5.34. The number of aromatic nitrogens is 3. The molecular formula is C13H14F2N4. The summed E-state index contributed by atoms with van der Waals surface area (Å²) < 4.78 is 28.0. The van der Waals surface area contributed by atoms with Crippen LogP contribution in [-0.4, -0.2) is 27.9 Å². The van der Waals surface area contributed by atoms with Crippen molar-refractivity contribution in [1.82, 2.24) is 20.1 Å². The summed E-state index contributed by atoms with van der Waals surface area (Å²) in [6.07, 6.45) is 3.49. The maximum atomic E-state index is 13.3. The van der Waals surface area contributed by atoms with E-state index in [1.165, 1.54) is 12.1 Å². The number of piperidine rings is 1. The first-order valence-corrected chi connectivity index (χ1v) is 6.32. The predicted octanol–water partition coefficient (Wildman–Crippen LogP) is 2.01. The summed E-state index contributed by atoms with van der Waals surface area (Å²) in [7, 11) is 0. The van der Waals surface area contributed by atoms with Gasteiger partial charge in [-0.25, -0.2) is 8.78 Å². The van der Waals surface area contributed by atoms with Crippen LogP contribution < -0.4 is 5.32 Å². The summed E-state index contributed by atoms with van der Waals surface area (Å²) in [5.41, 5.74) is 0.553. The van der Waals surface area contributed by atoms with Crippen LogP contribution in [0.1, 0.15) is 24.6 Å². The molecule has 4 nitrogen and oxygen atoms in total. The fourth-order valence-corrected chi connectivity index (χ4v) is 2.44. The first-order valence-electron chi connectivity index (χ1n) is 6.32. The molecule has 0 atom stereocenters. The molecule has 100 valence electrons. The van der Waals surface area contributed by atoms with Gasteiger partial charge in [0.25, 0.3) is 0 Å². The van der Waals surface area contributed by atoms with E-state index in [1.54, 1.807) is 10.9 Å². The van der Waals surface area contributed by atoms with Gasteiger partial charge >= 0.3 is 0 Å². The summed E-state index contributed by atoms with van der Waals surface area (Å²) in [5, 5.41) is 11.3. The lowest BCUT2D eigenvalue weighted by molar-refractivity contribution is 0.440. The molecule has 0 unspecified atom stereocenters. The standard InChI is InChI=1S/C13H14F2N4/c14-11-2-1-10(7-12(11)15)19-8-17-18-13(19)9-3-5-16-6-4-9/h1-2,7-9,16H,3-6H2. The second-order valence-corrected chi connectivity index (χ2v) is 4.68. The van der Waals surface area contributed by atoms with Crippen molar-refractivity contribution in [1.29, 1.82) is 0 Å². The largest absolute Gasteiger partial charge is 0.317 e. The molecule has 19 heavy (non-hydrogen) atoms. The summed E-state index contributed by atoms with van der Waals surface area (Å²) in [6, 6.07) is 3.83. The Morgan fingerprint density at radius 3 is 2.68 bits per heavy atom. The monoisotopic (exact) mass is 264 g/mol. The Bertz CT molecular complexity index is 576. The van der Waals surface area contributed by atoms with Crippen LogP contribution in [-0.2, 0) is 0 Å². The Morgan fingerprint density at radius 1 is 1.16 bits per heavy atom. The number of benzene rings is 1. The zero-order valence-corrected chi connectivity index (χ0v) is 10.3. The topological polar surface area (TPSA) is 42.7 Å². The molecule has 1 aliphatic heterocycles. The van der Waals surface area contributed by atoms with E-state index in [2.05, 4.69) is 15.5 Å². The van der Waals surface area contributed by atoms with Crippen LogP contribution in [0.5, 0.6) is 0 Å². The second-order valence-electron chi connectivity index (χ2n) is 4.68. The maximum absolute atomic E-state index is 13.3. The van der Waals surface area contributed by atoms with Gasteiger partial charge in [-0.2, -0.15) is 0 Å². The van der Waals surface area contributed by atoms with Crippen LogP contribution in [0.4, 0.5) is 8.78 Å². The quantitative estimate of drug-likeness (QED) is 0.902. The number of rotatable bonds is 2. The molecule has 1 fully saturated rings. The van der Waals surface area contributed by atoms with Crippen molar-refractivity contribution >= 4 is 0 Å². The molecule has 6 heteroatoms. The predicted molar refractivity (Wildman–Crippen MR) is 66.1 cm³/mol.